The Labute approximate surface area is 96.8 Å². The highest BCUT2D eigenvalue weighted by Crippen LogP contribution is 2.41. The molecular weight excluding hydrogens is 206 g/mol. The lowest BCUT2D eigenvalue weighted by atomic mass is 9.73. The standard InChI is InChI=1S/C13H18ClN/c1-13(2,3)10-8-15-7-9-5-4-6-11(14)12(9)10/h4-6,10,15H,7-8H2,1-3H3. The van der Waals surface area contributed by atoms with E-state index in [0.717, 1.165) is 18.1 Å². The molecule has 0 spiro atoms. The molecule has 0 amide bonds. The lowest BCUT2D eigenvalue weighted by molar-refractivity contribution is 0.296. The molecule has 2 rings (SSSR count). The lowest BCUT2D eigenvalue weighted by Gasteiger charge is -2.36. The van der Waals surface area contributed by atoms with E-state index in [1.165, 1.54) is 11.1 Å². The first-order chi connectivity index (χ1) is 7.00. The van der Waals surface area contributed by atoms with Gasteiger partial charge in [0, 0.05) is 24.0 Å². The Balaban J connectivity index is 2.50. The Morgan fingerprint density at radius 1 is 1.33 bits per heavy atom. The largest absolute Gasteiger partial charge is 0.312 e. The average molecular weight is 224 g/mol. The van der Waals surface area contributed by atoms with E-state index in [0.29, 0.717) is 5.92 Å². The van der Waals surface area contributed by atoms with E-state index in [9.17, 15) is 0 Å². The summed E-state index contributed by atoms with van der Waals surface area (Å²) >= 11 is 6.32. The second-order valence-corrected chi connectivity index (χ2v) is 5.77. The van der Waals surface area contributed by atoms with Gasteiger partial charge in [-0.05, 0) is 22.6 Å². The van der Waals surface area contributed by atoms with Crippen LogP contribution in [0, 0.1) is 5.41 Å². The monoisotopic (exact) mass is 223 g/mol. The summed E-state index contributed by atoms with van der Waals surface area (Å²) in [6.45, 7) is 8.80. The average Bonchev–Trinajstić information content (AvgIpc) is 2.16. The molecule has 0 aromatic heterocycles. The quantitative estimate of drug-likeness (QED) is 0.709. The van der Waals surface area contributed by atoms with E-state index in [-0.39, 0.29) is 5.41 Å². The van der Waals surface area contributed by atoms with Gasteiger partial charge < -0.3 is 5.32 Å². The Hall–Kier alpha value is -0.530. The fourth-order valence-electron chi connectivity index (χ4n) is 2.32. The van der Waals surface area contributed by atoms with Crippen LogP contribution in [0.2, 0.25) is 5.02 Å². The van der Waals surface area contributed by atoms with Crippen LogP contribution in [0.25, 0.3) is 0 Å². The fourth-order valence-corrected chi connectivity index (χ4v) is 2.64. The number of halogens is 1. The van der Waals surface area contributed by atoms with Crippen LogP contribution in [-0.4, -0.2) is 6.54 Å². The fraction of sp³-hybridized carbons (Fsp3) is 0.538. The minimum atomic E-state index is 0.257. The highest BCUT2D eigenvalue weighted by molar-refractivity contribution is 6.31. The summed E-state index contributed by atoms with van der Waals surface area (Å²) in [5.74, 6) is 0.509. The SMILES string of the molecule is CC(C)(C)C1CNCc2cccc(Cl)c21. The number of hydrogen-bond acceptors (Lipinski definition) is 1. The second kappa shape index (κ2) is 3.80. The summed E-state index contributed by atoms with van der Waals surface area (Å²) in [6, 6.07) is 6.21. The maximum Gasteiger partial charge on any atom is 0.0444 e. The maximum atomic E-state index is 6.32. The molecule has 0 saturated heterocycles. The molecule has 1 N–H and O–H groups in total. The molecule has 1 aromatic carbocycles. The van der Waals surface area contributed by atoms with Crippen LogP contribution >= 0.6 is 11.6 Å². The first-order valence-electron chi connectivity index (χ1n) is 5.48. The highest BCUT2D eigenvalue weighted by atomic mass is 35.5. The number of hydrogen-bond donors (Lipinski definition) is 1. The minimum absolute atomic E-state index is 0.257. The van der Waals surface area contributed by atoms with Crippen molar-refractivity contribution in [3.63, 3.8) is 0 Å². The third-order valence-electron chi connectivity index (χ3n) is 3.20. The summed E-state index contributed by atoms with van der Waals surface area (Å²) in [7, 11) is 0. The van der Waals surface area contributed by atoms with Crippen molar-refractivity contribution in [1.82, 2.24) is 5.32 Å². The molecule has 82 valence electrons. The molecule has 1 aromatic rings. The maximum absolute atomic E-state index is 6.32. The minimum Gasteiger partial charge on any atom is -0.312 e. The van der Waals surface area contributed by atoms with Crippen LogP contribution in [0.5, 0.6) is 0 Å². The molecule has 0 fully saturated rings. The predicted octanol–water partition coefficient (Wildman–Crippen LogP) is 3.57. The first-order valence-corrected chi connectivity index (χ1v) is 5.86. The van der Waals surface area contributed by atoms with Gasteiger partial charge in [0.2, 0.25) is 0 Å². The summed E-state index contributed by atoms with van der Waals surface area (Å²) < 4.78 is 0. The van der Waals surface area contributed by atoms with Crippen LogP contribution in [-0.2, 0) is 6.54 Å². The van der Waals surface area contributed by atoms with Crippen LogP contribution in [0.4, 0.5) is 0 Å². The molecule has 0 aliphatic carbocycles. The van der Waals surface area contributed by atoms with Gasteiger partial charge in [-0.1, -0.05) is 44.5 Å². The van der Waals surface area contributed by atoms with Crippen molar-refractivity contribution in [3.05, 3.63) is 34.3 Å². The Kier molecular flexibility index (Phi) is 2.78. The molecule has 1 aliphatic rings. The molecule has 1 aliphatic heterocycles. The Morgan fingerprint density at radius 2 is 2.07 bits per heavy atom. The number of nitrogens with one attached hydrogen (secondary N) is 1. The van der Waals surface area contributed by atoms with Crippen LogP contribution in [0.3, 0.4) is 0 Å². The van der Waals surface area contributed by atoms with Crippen LogP contribution in [0.15, 0.2) is 18.2 Å². The molecule has 0 bridgehead atoms. The van der Waals surface area contributed by atoms with Gasteiger partial charge in [0.15, 0.2) is 0 Å². The molecule has 2 heteroatoms. The van der Waals surface area contributed by atoms with Crippen molar-refractivity contribution < 1.29 is 0 Å². The van der Waals surface area contributed by atoms with Crippen molar-refractivity contribution >= 4 is 11.6 Å². The van der Waals surface area contributed by atoms with Crippen LogP contribution in [0.1, 0.15) is 37.8 Å². The van der Waals surface area contributed by atoms with E-state index >= 15 is 0 Å². The van der Waals surface area contributed by atoms with Gasteiger partial charge in [-0.3, -0.25) is 0 Å². The van der Waals surface area contributed by atoms with E-state index in [2.05, 4.69) is 32.2 Å². The number of fused-ring (bicyclic) bond motifs is 1. The van der Waals surface area contributed by atoms with Crippen molar-refractivity contribution in [2.24, 2.45) is 5.41 Å². The van der Waals surface area contributed by atoms with E-state index in [1.54, 1.807) is 0 Å². The normalized spacial score (nSPS) is 21.2. The van der Waals surface area contributed by atoms with Gasteiger partial charge in [-0.25, -0.2) is 0 Å². The summed E-state index contributed by atoms with van der Waals surface area (Å²) in [5.41, 5.74) is 2.96. The van der Waals surface area contributed by atoms with Crippen molar-refractivity contribution in [2.45, 2.75) is 33.2 Å². The molecule has 0 radical (unpaired) electrons. The summed E-state index contributed by atoms with van der Waals surface area (Å²) in [4.78, 5) is 0. The Bertz CT molecular complexity index is 365. The summed E-state index contributed by atoms with van der Waals surface area (Å²) in [5, 5.41) is 4.39. The zero-order valence-corrected chi connectivity index (χ0v) is 10.4. The lowest BCUT2D eigenvalue weighted by Crippen LogP contribution is -2.35. The van der Waals surface area contributed by atoms with Gasteiger partial charge >= 0.3 is 0 Å². The summed E-state index contributed by atoms with van der Waals surface area (Å²) in [6.07, 6.45) is 0. The molecular formula is C13H18ClN. The first kappa shape index (κ1) is 11.0. The van der Waals surface area contributed by atoms with Gasteiger partial charge in [-0.15, -0.1) is 0 Å². The van der Waals surface area contributed by atoms with Gasteiger partial charge in [0.1, 0.15) is 0 Å². The van der Waals surface area contributed by atoms with E-state index in [4.69, 9.17) is 11.6 Å². The zero-order valence-electron chi connectivity index (χ0n) is 9.60. The molecule has 1 nitrogen and oxygen atoms in total. The topological polar surface area (TPSA) is 12.0 Å². The molecule has 1 unspecified atom stereocenters. The van der Waals surface area contributed by atoms with Crippen molar-refractivity contribution in [2.75, 3.05) is 6.54 Å². The third kappa shape index (κ3) is 2.04. The third-order valence-corrected chi connectivity index (χ3v) is 3.53. The smallest absolute Gasteiger partial charge is 0.0444 e. The predicted molar refractivity (Wildman–Crippen MR) is 65.4 cm³/mol. The molecule has 15 heavy (non-hydrogen) atoms. The van der Waals surface area contributed by atoms with E-state index in [1.807, 2.05) is 12.1 Å². The molecule has 1 atom stereocenters. The zero-order chi connectivity index (χ0) is 11.1. The van der Waals surface area contributed by atoms with Crippen LogP contribution < -0.4 is 5.32 Å². The highest BCUT2D eigenvalue weighted by Gasteiger charge is 2.31. The van der Waals surface area contributed by atoms with Crippen molar-refractivity contribution in [1.29, 1.82) is 0 Å². The molecule has 1 heterocycles. The number of rotatable bonds is 0. The van der Waals surface area contributed by atoms with Crippen molar-refractivity contribution in [3.8, 4) is 0 Å². The second-order valence-electron chi connectivity index (χ2n) is 5.36. The van der Waals surface area contributed by atoms with E-state index < -0.39 is 0 Å². The van der Waals surface area contributed by atoms with Gasteiger partial charge in [0.05, 0.1) is 0 Å². The Morgan fingerprint density at radius 3 is 2.73 bits per heavy atom. The molecule has 0 saturated carbocycles. The van der Waals surface area contributed by atoms with Gasteiger partial charge in [-0.2, -0.15) is 0 Å². The number of benzene rings is 1. The van der Waals surface area contributed by atoms with Gasteiger partial charge in [0.25, 0.3) is 0 Å².